The molecule has 196 valence electrons. The van der Waals surface area contributed by atoms with Crippen molar-refractivity contribution in [2.45, 2.75) is 59.3 Å². The van der Waals surface area contributed by atoms with Gasteiger partial charge in [0.1, 0.15) is 18.2 Å². The molecule has 8 nitrogen and oxygen atoms in total. The third-order valence-corrected chi connectivity index (χ3v) is 7.14. The predicted octanol–water partition coefficient (Wildman–Crippen LogP) is 4.39. The van der Waals surface area contributed by atoms with Crippen LogP contribution in [0, 0.1) is 17.8 Å². The fourth-order valence-corrected chi connectivity index (χ4v) is 5.16. The molecule has 3 atom stereocenters. The fraction of sp³-hybridized carbons (Fsp3) is 0.571. The van der Waals surface area contributed by atoms with E-state index >= 15 is 0 Å². The summed E-state index contributed by atoms with van der Waals surface area (Å²) in [4.78, 5) is 17.5. The lowest BCUT2D eigenvalue weighted by molar-refractivity contribution is -0.0500. The summed E-state index contributed by atoms with van der Waals surface area (Å²) in [6.07, 6.45) is 5.44. The zero-order chi connectivity index (χ0) is 25.5. The molecule has 1 amide bonds. The molecular formula is C28H39N3O5. The third-order valence-electron chi connectivity index (χ3n) is 7.14. The van der Waals surface area contributed by atoms with Crippen LogP contribution in [0.4, 0.5) is 0 Å². The summed E-state index contributed by atoms with van der Waals surface area (Å²) in [7, 11) is 0. The largest absolute Gasteiger partial charge is 0.467 e. The topological polar surface area (TPSA) is 98.8 Å². The molecular weight excluding hydrogens is 458 g/mol. The number of nitrogens with one attached hydrogen (secondary N) is 1. The average molecular weight is 498 g/mol. The molecule has 3 unspecified atom stereocenters. The van der Waals surface area contributed by atoms with Crippen LogP contribution in [0.15, 0.2) is 41.0 Å². The second-order valence-electron chi connectivity index (χ2n) is 10.2. The van der Waals surface area contributed by atoms with Crippen molar-refractivity contribution < 1.29 is 23.8 Å². The molecule has 8 heteroatoms. The first-order valence-electron chi connectivity index (χ1n) is 13.1. The summed E-state index contributed by atoms with van der Waals surface area (Å²) < 4.78 is 19.5. The third kappa shape index (κ3) is 6.55. The Balaban J connectivity index is 1.53. The van der Waals surface area contributed by atoms with E-state index in [-0.39, 0.29) is 25.2 Å². The molecule has 0 saturated heterocycles. The average Bonchev–Trinajstić information content (AvgIpc) is 3.50. The number of rotatable bonds is 12. The van der Waals surface area contributed by atoms with Gasteiger partial charge in [-0.3, -0.25) is 4.79 Å². The highest BCUT2D eigenvalue weighted by Gasteiger charge is 2.31. The fourth-order valence-electron chi connectivity index (χ4n) is 5.16. The molecule has 0 bridgehead atoms. The number of aliphatic hydroxyl groups excluding tert-OH is 1. The first kappa shape index (κ1) is 26.4. The molecule has 1 aliphatic carbocycles. The van der Waals surface area contributed by atoms with Crippen molar-refractivity contribution in [1.82, 2.24) is 14.9 Å². The number of fused-ring (bicyclic) bond motifs is 1. The highest BCUT2D eigenvalue weighted by molar-refractivity contribution is 5.97. The number of benzene rings is 1. The molecule has 2 N–H and O–H groups in total. The van der Waals surface area contributed by atoms with E-state index in [2.05, 4.69) is 30.7 Å². The van der Waals surface area contributed by atoms with Gasteiger partial charge in [0.15, 0.2) is 0 Å². The van der Waals surface area contributed by atoms with E-state index in [1.807, 2.05) is 30.3 Å². The lowest BCUT2D eigenvalue weighted by Gasteiger charge is -2.37. The lowest BCUT2D eigenvalue weighted by atomic mass is 9.75. The van der Waals surface area contributed by atoms with Crippen LogP contribution in [0.25, 0.3) is 11.0 Å². The number of ether oxygens (including phenoxy) is 2. The van der Waals surface area contributed by atoms with Gasteiger partial charge in [-0.2, -0.15) is 0 Å². The van der Waals surface area contributed by atoms with Crippen LogP contribution in [-0.2, 0) is 22.6 Å². The second kappa shape index (κ2) is 12.5. The van der Waals surface area contributed by atoms with Gasteiger partial charge in [-0.05, 0) is 60.9 Å². The molecule has 2 heterocycles. The van der Waals surface area contributed by atoms with Crippen LogP contribution >= 0.6 is 0 Å². The number of imidazole rings is 1. The number of hydrogen-bond acceptors (Lipinski definition) is 6. The first-order chi connectivity index (χ1) is 17.5. The molecule has 1 aliphatic rings. The summed E-state index contributed by atoms with van der Waals surface area (Å²) >= 11 is 0. The van der Waals surface area contributed by atoms with Gasteiger partial charge < -0.3 is 28.9 Å². The normalized spacial score (nSPS) is 20.3. The number of amides is 1. The molecule has 0 aliphatic heterocycles. The van der Waals surface area contributed by atoms with Crippen molar-refractivity contribution in [2.24, 2.45) is 17.8 Å². The van der Waals surface area contributed by atoms with E-state index < -0.39 is 0 Å². The number of aliphatic hydroxyl groups is 1. The van der Waals surface area contributed by atoms with Gasteiger partial charge in [-0.15, -0.1) is 0 Å². The van der Waals surface area contributed by atoms with E-state index in [0.717, 1.165) is 29.0 Å². The van der Waals surface area contributed by atoms with E-state index in [9.17, 15) is 4.79 Å². The Morgan fingerprint density at radius 3 is 2.89 bits per heavy atom. The van der Waals surface area contributed by atoms with Crippen LogP contribution in [0.2, 0.25) is 0 Å². The number of carbonyl (C=O) groups excluding carboxylic acids is 1. The molecule has 3 aromatic rings. The number of nitrogens with zero attached hydrogens (tertiary/aromatic N) is 2. The van der Waals surface area contributed by atoms with Gasteiger partial charge in [-0.1, -0.05) is 27.2 Å². The van der Waals surface area contributed by atoms with Crippen molar-refractivity contribution in [2.75, 3.05) is 26.4 Å². The highest BCUT2D eigenvalue weighted by atomic mass is 16.5. The summed E-state index contributed by atoms with van der Waals surface area (Å²) in [6, 6.07) is 9.41. The van der Waals surface area contributed by atoms with E-state index in [1.54, 1.807) is 6.26 Å². The van der Waals surface area contributed by atoms with Crippen molar-refractivity contribution in [1.29, 1.82) is 0 Å². The van der Waals surface area contributed by atoms with Crippen molar-refractivity contribution in [3.05, 3.63) is 53.7 Å². The Hall–Kier alpha value is -2.68. The maximum Gasteiger partial charge on any atom is 0.251 e. The number of furan rings is 1. The van der Waals surface area contributed by atoms with Crippen molar-refractivity contribution >= 4 is 16.9 Å². The summed E-state index contributed by atoms with van der Waals surface area (Å²) in [5.41, 5.74) is 2.23. The molecule has 1 aromatic carbocycles. The Bertz CT molecular complexity index is 1110. The minimum atomic E-state index is -0.182. The molecule has 0 spiro atoms. The Kier molecular flexibility index (Phi) is 9.18. The first-order valence-corrected chi connectivity index (χ1v) is 13.1. The second-order valence-corrected chi connectivity index (χ2v) is 10.2. The molecule has 36 heavy (non-hydrogen) atoms. The lowest BCUT2D eigenvalue weighted by Crippen LogP contribution is -2.34. The van der Waals surface area contributed by atoms with E-state index in [1.165, 1.54) is 12.8 Å². The molecule has 1 saturated carbocycles. The zero-order valence-corrected chi connectivity index (χ0v) is 21.6. The Morgan fingerprint density at radius 1 is 1.28 bits per heavy atom. The van der Waals surface area contributed by atoms with E-state index in [0.29, 0.717) is 49.6 Å². The minimum absolute atomic E-state index is 0.0325. The van der Waals surface area contributed by atoms with Gasteiger partial charge in [-0.25, -0.2) is 4.98 Å². The van der Waals surface area contributed by atoms with Crippen LogP contribution < -0.4 is 5.32 Å². The van der Waals surface area contributed by atoms with Crippen LogP contribution in [0.5, 0.6) is 0 Å². The van der Waals surface area contributed by atoms with Gasteiger partial charge in [0, 0.05) is 12.1 Å². The van der Waals surface area contributed by atoms with Crippen LogP contribution in [-0.4, -0.2) is 53.0 Å². The zero-order valence-electron chi connectivity index (χ0n) is 21.6. The van der Waals surface area contributed by atoms with Gasteiger partial charge in [0.2, 0.25) is 0 Å². The quantitative estimate of drug-likeness (QED) is 0.360. The number of carbonyl (C=O) groups is 1. The van der Waals surface area contributed by atoms with Gasteiger partial charge >= 0.3 is 0 Å². The van der Waals surface area contributed by atoms with Crippen molar-refractivity contribution in [3.63, 3.8) is 0 Å². The molecule has 1 fully saturated rings. The standard InChI is InChI=1S/C28H39N3O5/c1-19(2)23-8-6-20(3)15-26(23)36-18-27-30-24-16-21(28(33)29-10-13-34-14-11-32)7-9-25(24)31(27)17-22-5-4-12-35-22/h4-5,7,9,12,16,19-20,23,26,32H,6,8,10-11,13-15,17-18H2,1-3H3,(H,29,33). The van der Waals surface area contributed by atoms with Crippen LogP contribution in [0.3, 0.4) is 0 Å². The van der Waals surface area contributed by atoms with Gasteiger partial charge in [0.25, 0.3) is 5.91 Å². The van der Waals surface area contributed by atoms with Gasteiger partial charge in [0.05, 0.1) is 49.8 Å². The monoisotopic (exact) mass is 497 g/mol. The minimum Gasteiger partial charge on any atom is -0.467 e. The smallest absolute Gasteiger partial charge is 0.251 e. The van der Waals surface area contributed by atoms with Crippen LogP contribution in [0.1, 0.15) is 62.0 Å². The highest BCUT2D eigenvalue weighted by Crippen LogP contribution is 2.36. The molecule has 2 aromatic heterocycles. The van der Waals surface area contributed by atoms with E-state index in [4.69, 9.17) is 24.0 Å². The van der Waals surface area contributed by atoms with Crippen molar-refractivity contribution in [3.8, 4) is 0 Å². The maximum absolute atomic E-state index is 12.6. The maximum atomic E-state index is 12.6. The summed E-state index contributed by atoms with van der Waals surface area (Å²) in [5, 5.41) is 11.6. The summed E-state index contributed by atoms with van der Waals surface area (Å²) in [6.45, 7) is 8.80. The Labute approximate surface area is 213 Å². The Morgan fingerprint density at radius 2 is 2.14 bits per heavy atom. The number of hydrogen-bond donors (Lipinski definition) is 2. The number of aromatic nitrogens is 2. The molecule has 0 radical (unpaired) electrons. The SMILES string of the molecule is CC1CCC(C(C)C)C(OCc2nc3cc(C(=O)NCCOCCO)ccc3n2Cc2ccco2)C1. The predicted molar refractivity (Wildman–Crippen MR) is 138 cm³/mol. The molecule has 4 rings (SSSR count). The summed E-state index contributed by atoms with van der Waals surface area (Å²) in [5.74, 6) is 3.30.